The van der Waals surface area contributed by atoms with Crippen LogP contribution in [-0.2, 0) is 4.79 Å². The van der Waals surface area contributed by atoms with E-state index in [1.165, 1.54) is 23.3 Å². The number of hydrogen-bond donors (Lipinski definition) is 2. The fraction of sp³-hybridized carbons (Fsp3) is 0.156. The molecule has 1 fully saturated rings. The van der Waals surface area contributed by atoms with Gasteiger partial charge >= 0.3 is 0 Å². The predicted octanol–water partition coefficient (Wildman–Crippen LogP) is 6.78. The van der Waals surface area contributed by atoms with Gasteiger partial charge in [0.25, 0.3) is 0 Å². The van der Waals surface area contributed by atoms with Gasteiger partial charge in [-0.3, -0.25) is 9.78 Å². The molecule has 6 nitrogen and oxygen atoms in total. The molecule has 0 spiro atoms. The number of aryl methyl sites for hydroxylation is 1. The number of nitrogens with one attached hydrogen (secondary N) is 2. The van der Waals surface area contributed by atoms with Crippen molar-refractivity contribution in [3.8, 4) is 5.69 Å². The number of anilines is 2. The Bertz CT molecular complexity index is 1690. The average molecular weight is 532 g/mol. The molecule has 2 N–H and O–H groups in total. The molecule has 0 saturated carbocycles. The van der Waals surface area contributed by atoms with Crippen LogP contribution in [0.15, 0.2) is 97.2 Å². The Kier molecular flexibility index (Phi) is 6.37. The lowest BCUT2D eigenvalue weighted by Crippen LogP contribution is -2.29. The number of benzene rings is 3. The lowest BCUT2D eigenvalue weighted by molar-refractivity contribution is -0.114. The highest BCUT2D eigenvalue weighted by Crippen LogP contribution is 2.44. The van der Waals surface area contributed by atoms with E-state index in [9.17, 15) is 4.79 Å². The summed E-state index contributed by atoms with van der Waals surface area (Å²) in [6.07, 6.45) is 1.82. The molecule has 6 rings (SSSR count). The first-order valence-electron chi connectivity index (χ1n) is 13.0. The number of aromatic nitrogens is 2. The van der Waals surface area contributed by atoms with Crippen LogP contribution in [0.3, 0.4) is 0 Å². The standard InChI is InChI=1S/C32H29N5OS/c1-20-19-27(21(2)36(20)29-13-8-10-23-9-4-5-11-26(23)29)31-30(28-12-6-7-18-33-28)35-32(39)37(31)25-16-14-24(15-17-25)34-22(3)38/h4-19,30-31H,1-3H3,(H,34,38)(H,35,39)/t30-,31-/m1/s1. The van der Waals surface area contributed by atoms with Crippen LogP contribution in [0.2, 0.25) is 0 Å². The number of thiocarbonyl (C=S) groups is 1. The topological polar surface area (TPSA) is 62.2 Å². The summed E-state index contributed by atoms with van der Waals surface area (Å²) in [6.45, 7) is 5.84. The third kappa shape index (κ3) is 4.45. The summed E-state index contributed by atoms with van der Waals surface area (Å²) in [5.74, 6) is -0.102. The summed E-state index contributed by atoms with van der Waals surface area (Å²) < 4.78 is 2.34. The molecule has 0 radical (unpaired) electrons. The van der Waals surface area contributed by atoms with E-state index < -0.39 is 0 Å². The van der Waals surface area contributed by atoms with Crippen LogP contribution < -0.4 is 15.5 Å². The van der Waals surface area contributed by atoms with Crippen LogP contribution in [-0.4, -0.2) is 20.6 Å². The molecule has 2 atom stereocenters. The highest BCUT2D eigenvalue weighted by molar-refractivity contribution is 7.80. The molecular formula is C32H29N5OS. The second-order valence-corrected chi connectivity index (χ2v) is 10.3. The van der Waals surface area contributed by atoms with E-state index in [1.54, 1.807) is 0 Å². The highest BCUT2D eigenvalue weighted by atomic mass is 32.1. The van der Waals surface area contributed by atoms with Crippen LogP contribution in [0.4, 0.5) is 11.4 Å². The van der Waals surface area contributed by atoms with E-state index in [0.29, 0.717) is 5.11 Å². The fourth-order valence-electron chi connectivity index (χ4n) is 5.72. The first-order chi connectivity index (χ1) is 18.9. The van der Waals surface area contributed by atoms with Crippen molar-refractivity contribution in [1.82, 2.24) is 14.9 Å². The Labute approximate surface area is 233 Å². The largest absolute Gasteiger partial charge is 0.351 e. The lowest BCUT2D eigenvalue weighted by Gasteiger charge is -2.28. The summed E-state index contributed by atoms with van der Waals surface area (Å²) in [5.41, 5.74) is 7.25. The van der Waals surface area contributed by atoms with E-state index in [4.69, 9.17) is 17.2 Å². The Morgan fingerprint density at radius 3 is 2.44 bits per heavy atom. The van der Waals surface area contributed by atoms with Gasteiger partial charge < -0.3 is 20.1 Å². The molecule has 39 heavy (non-hydrogen) atoms. The summed E-state index contributed by atoms with van der Waals surface area (Å²) in [6, 6.07) is 30.7. The van der Waals surface area contributed by atoms with Crippen molar-refractivity contribution in [3.63, 3.8) is 0 Å². The molecule has 5 aromatic rings. The fourth-order valence-corrected chi connectivity index (χ4v) is 6.06. The third-order valence-corrected chi connectivity index (χ3v) is 7.67. The van der Waals surface area contributed by atoms with Crippen molar-refractivity contribution in [3.05, 3.63) is 120 Å². The van der Waals surface area contributed by atoms with Crippen LogP contribution >= 0.6 is 12.2 Å². The SMILES string of the molecule is CC(=O)Nc1ccc(N2C(=S)N[C@H](c3ccccn3)[C@H]2c2cc(C)n(-c3cccc4ccccc34)c2C)cc1. The van der Waals surface area contributed by atoms with Gasteiger partial charge in [-0.2, -0.15) is 0 Å². The number of rotatable bonds is 5. The van der Waals surface area contributed by atoms with Crippen molar-refractivity contribution < 1.29 is 4.79 Å². The summed E-state index contributed by atoms with van der Waals surface area (Å²) in [5, 5.41) is 9.45. The smallest absolute Gasteiger partial charge is 0.221 e. The molecule has 2 aromatic heterocycles. The normalized spacial score (nSPS) is 16.9. The Morgan fingerprint density at radius 1 is 0.949 bits per heavy atom. The number of carbonyl (C=O) groups is 1. The maximum absolute atomic E-state index is 11.6. The molecule has 0 bridgehead atoms. The van der Waals surface area contributed by atoms with Gasteiger partial charge in [-0.05, 0) is 85.5 Å². The van der Waals surface area contributed by atoms with E-state index in [-0.39, 0.29) is 18.0 Å². The van der Waals surface area contributed by atoms with Gasteiger partial charge in [0.2, 0.25) is 5.91 Å². The van der Waals surface area contributed by atoms with Gasteiger partial charge in [0.05, 0.1) is 23.5 Å². The predicted molar refractivity (Wildman–Crippen MR) is 161 cm³/mol. The molecule has 1 amide bonds. The second kappa shape index (κ2) is 10.0. The monoisotopic (exact) mass is 531 g/mol. The minimum Gasteiger partial charge on any atom is -0.351 e. The van der Waals surface area contributed by atoms with E-state index >= 15 is 0 Å². The average Bonchev–Trinajstić information content (AvgIpc) is 3.43. The Hall–Kier alpha value is -4.49. The van der Waals surface area contributed by atoms with E-state index in [2.05, 4.69) is 82.5 Å². The van der Waals surface area contributed by atoms with Crippen LogP contribution in [0.25, 0.3) is 16.5 Å². The lowest BCUT2D eigenvalue weighted by atomic mass is 9.96. The molecular weight excluding hydrogens is 502 g/mol. The third-order valence-electron chi connectivity index (χ3n) is 7.36. The number of nitrogens with zero attached hydrogens (tertiary/aromatic N) is 3. The summed E-state index contributed by atoms with van der Waals surface area (Å²) >= 11 is 5.93. The Balaban J connectivity index is 1.50. The van der Waals surface area contributed by atoms with Gasteiger partial charge in [-0.15, -0.1) is 0 Å². The van der Waals surface area contributed by atoms with Crippen LogP contribution in [0.1, 0.15) is 41.7 Å². The minimum absolute atomic E-state index is 0.102. The van der Waals surface area contributed by atoms with Crippen molar-refractivity contribution in [2.75, 3.05) is 10.2 Å². The number of fused-ring (bicyclic) bond motifs is 1. The van der Waals surface area contributed by atoms with E-state index in [0.717, 1.165) is 34.1 Å². The molecule has 1 aliphatic rings. The van der Waals surface area contributed by atoms with Crippen molar-refractivity contribution in [2.24, 2.45) is 0 Å². The van der Waals surface area contributed by atoms with Gasteiger partial charge in [-0.25, -0.2) is 0 Å². The zero-order chi connectivity index (χ0) is 27.1. The quantitative estimate of drug-likeness (QED) is 0.245. The molecule has 3 aromatic carbocycles. The Morgan fingerprint density at radius 2 is 1.69 bits per heavy atom. The zero-order valence-electron chi connectivity index (χ0n) is 22.1. The molecule has 0 aliphatic carbocycles. The second-order valence-electron chi connectivity index (χ2n) is 9.88. The first kappa shape index (κ1) is 24.8. The number of hydrogen-bond acceptors (Lipinski definition) is 3. The van der Waals surface area contributed by atoms with Crippen molar-refractivity contribution in [2.45, 2.75) is 32.9 Å². The van der Waals surface area contributed by atoms with Crippen molar-refractivity contribution in [1.29, 1.82) is 0 Å². The van der Waals surface area contributed by atoms with Crippen molar-refractivity contribution >= 4 is 45.4 Å². The van der Waals surface area contributed by atoms with Gasteiger partial charge in [0.1, 0.15) is 0 Å². The molecule has 3 heterocycles. The highest BCUT2D eigenvalue weighted by Gasteiger charge is 2.42. The molecule has 194 valence electrons. The van der Waals surface area contributed by atoms with Gasteiger partial charge in [0, 0.05) is 41.3 Å². The first-order valence-corrected chi connectivity index (χ1v) is 13.4. The van der Waals surface area contributed by atoms with E-state index in [1.807, 2.05) is 48.7 Å². The number of amides is 1. The summed E-state index contributed by atoms with van der Waals surface area (Å²) in [4.78, 5) is 18.4. The van der Waals surface area contributed by atoms with Gasteiger partial charge in [0.15, 0.2) is 5.11 Å². The maximum atomic E-state index is 11.6. The molecule has 0 unspecified atom stereocenters. The maximum Gasteiger partial charge on any atom is 0.221 e. The molecule has 1 aliphatic heterocycles. The zero-order valence-corrected chi connectivity index (χ0v) is 22.9. The molecule has 1 saturated heterocycles. The summed E-state index contributed by atoms with van der Waals surface area (Å²) in [7, 11) is 0. The number of carbonyl (C=O) groups excluding carboxylic acids is 1. The molecule has 7 heteroatoms. The number of pyridine rings is 1. The van der Waals surface area contributed by atoms with Crippen LogP contribution in [0, 0.1) is 13.8 Å². The van der Waals surface area contributed by atoms with Gasteiger partial charge in [-0.1, -0.05) is 42.5 Å². The van der Waals surface area contributed by atoms with Crippen LogP contribution in [0.5, 0.6) is 0 Å². The minimum atomic E-state index is -0.143.